The minimum Gasteiger partial charge on any atom is -0.352 e. The van der Waals surface area contributed by atoms with Crippen molar-refractivity contribution in [1.82, 2.24) is 15.2 Å². The molecule has 1 aliphatic rings. The van der Waals surface area contributed by atoms with Crippen LogP contribution in [0.5, 0.6) is 0 Å². The third-order valence-corrected chi connectivity index (χ3v) is 7.15. The monoisotopic (exact) mass is 556 g/mol. The fourth-order valence-electron chi connectivity index (χ4n) is 5.53. The Kier molecular flexibility index (Phi) is 8.77. The number of fused-ring (bicyclic) bond motifs is 1. The normalized spacial score (nSPS) is 15.3. The van der Waals surface area contributed by atoms with Gasteiger partial charge < -0.3 is 15.5 Å². The molecule has 0 atom stereocenters. The van der Waals surface area contributed by atoms with Crippen LogP contribution in [0.2, 0.25) is 0 Å². The predicted octanol–water partition coefficient (Wildman–Crippen LogP) is 6.49. The van der Waals surface area contributed by atoms with Gasteiger partial charge in [0, 0.05) is 47.4 Å². The predicted molar refractivity (Wildman–Crippen MR) is 152 cm³/mol. The molecule has 0 saturated heterocycles. The molecule has 1 aromatic carbocycles. The van der Waals surface area contributed by atoms with Crippen molar-refractivity contribution in [2.45, 2.75) is 92.7 Å². The van der Waals surface area contributed by atoms with Crippen molar-refractivity contribution in [2.24, 2.45) is 11.3 Å². The first-order chi connectivity index (χ1) is 18.3. The summed E-state index contributed by atoms with van der Waals surface area (Å²) in [5, 5.41) is 5.38. The molecule has 0 saturated carbocycles. The van der Waals surface area contributed by atoms with Crippen molar-refractivity contribution in [3.63, 3.8) is 0 Å². The molecule has 1 aliphatic heterocycles. The van der Waals surface area contributed by atoms with Crippen LogP contribution in [0.25, 0.3) is 0 Å². The Bertz CT molecular complexity index is 1300. The highest BCUT2D eigenvalue weighted by Crippen LogP contribution is 2.40. The van der Waals surface area contributed by atoms with Gasteiger partial charge in [-0.3, -0.25) is 19.4 Å². The summed E-state index contributed by atoms with van der Waals surface area (Å²) in [6, 6.07) is 6.44. The SMILES string of the molecule is CC(C)C(=O)NCc1cnc(C(F)F)c(C(=O)Nc2ccc3c(c2)C(=O)N(C(C)(C)CC(C)(C)C)CC3(C)C)c1. The Morgan fingerprint density at radius 1 is 1.10 bits per heavy atom. The zero-order chi connectivity index (χ0) is 30.2. The second-order valence-electron chi connectivity index (χ2n) is 13.5. The lowest BCUT2D eigenvalue weighted by molar-refractivity contribution is -0.124. The average Bonchev–Trinajstić information content (AvgIpc) is 2.82. The van der Waals surface area contributed by atoms with E-state index in [0.29, 0.717) is 23.4 Å². The lowest BCUT2D eigenvalue weighted by atomic mass is 9.74. The third kappa shape index (κ3) is 7.04. The zero-order valence-electron chi connectivity index (χ0n) is 25.0. The van der Waals surface area contributed by atoms with Gasteiger partial charge in [0.15, 0.2) is 0 Å². The molecule has 0 spiro atoms. The highest BCUT2D eigenvalue weighted by molar-refractivity contribution is 6.06. The fraction of sp³-hybridized carbons (Fsp3) is 0.548. The number of halogens is 2. The van der Waals surface area contributed by atoms with Crippen LogP contribution < -0.4 is 10.6 Å². The Labute approximate surface area is 236 Å². The van der Waals surface area contributed by atoms with E-state index in [1.165, 1.54) is 12.3 Å². The summed E-state index contributed by atoms with van der Waals surface area (Å²) in [6.45, 7) is 18.8. The Morgan fingerprint density at radius 3 is 2.33 bits per heavy atom. The van der Waals surface area contributed by atoms with Gasteiger partial charge in [-0.25, -0.2) is 8.78 Å². The number of hydrogen-bond acceptors (Lipinski definition) is 4. The van der Waals surface area contributed by atoms with Crippen LogP contribution in [0.4, 0.5) is 14.5 Å². The number of carbonyl (C=O) groups excluding carboxylic acids is 3. The molecule has 3 amide bonds. The van der Waals surface area contributed by atoms with E-state index in [-0.39, 0.29) is 40.7 Å². The summed E-state index contributed by atoms with van der Waals surface area (Å²) >= 11 is 0. The van der Waals surface area contributed by atoms with Crippen molar-refractivity contribution >= 4 is 23.4 Å². The number of carbonyl (C=O) groups is 3. The number of nitrogens with one attached hydrogen (secondary N) is 2. The van der Waals surface area contributed by atoms with Gasteiger partial charge in [0.05, 0.1) is 5.56 Å². The number of aromatic nitrogens is 1. The number of alkyl halides is 2. The molecule has 0 bridgehead atoms. The summed E-state index contributed by atoms with van der Waals surface area (Å²) in [4.78, 5) is 44.6. The molecule has 2 aromatic rings. The summed E-state index contributed by atoms with van der Waals surface area (Å²) in [5.41, 5.74) is 0.418. The number of pyridine rings is 1. The van der Waals surface area contributed by atoms with Crippen LogP contribution in [0, 0.1) is 11.3 Å². The molecular formula is C31H42F2N4O3. The molecule has 2 N–H and O–H groups in total. The van der Waals surface area contributed by atoms with E-state index in [1.54, 1.807) is 26.0 Å². The average molecular weight is 557 g/mol. The van der Waals surface area contributed by atoms with Gasteiger partial charge in [0.25, 0.3) is 18.2 Å². The second kappa shape index (κ2) is 11.3. The van der Waals surface area contributed by atoms with E-state index in [0.717, 1.165) is 12.0 Å². The van der Waals surface area contributed by atoms with E-state index in [4.69, 9.17) is 0 Å². The largest absolute Gasteiger partial charge is 0.352 e. The van der Waals surface area contributed by atoms with Crippen LogP contribution in [-0.2, 0) is 16.8 Å². The number of rotatable bonds is 8. The fourth-order valence-corrected chi connectivity index (χ4v) is 5.53. The molecule has 0 fully saturated rings. The van der Waals surface area contributed by atoms with Crippen LogP contribution in [-0.4, -0.2) is 39.7 Å². The Morgan fingerprint density at radius 2 is 1.75 bits per heavy atom. The smallest absolute Gasteiger partial charge is 0.281 e. The molecule has 7 nitrogen and oxygen atoms in total. The lowest BCUT2D eigenvalue weighted by Crippen LogP contribution is -2.56. The van der Waals surface area contributed by atoms with Crippen LogP contribution in [0.3, 0.4) is 0 Å². The number of amides is 3. The van der Waals surface area contributed by atoms with Gasteiger partial charge >= 0.3 is 0 Å². The van der Waals surface area contributed by atoms with Gasteiger partial charge in [-0.1, -0.05) is 54.5 Å². The minimum atomic E-state index is -2.97. The maximum absolute atomic E-state index is 13.8. The summed E-state index contributed by atoms with van der Waals surface area (Å²) < 4.78 is 27.5. The van der Waals surface area contributed by atoms with Crippen LogP contribution in [0.15, 0.2) is 30.5 Å². The van der Waals surface area contributed by atoms with Gasteiger partial charge in [-0.05, 0) is 55.0 Å². The summed E-state index contributed by atoms with van der Waals surface area (Å²) in [5.74, 6) is -1.35. The molecule has 2 heterocycles. The first-order valence-corrected chi connectivity index (χ1v) is 13.6. The molecule has 0 radical (unpaired) electrons. The first kappa shape index (κ1) is 31.2. The highest BCUT2D eigenvalue weighted by atomic mass is 19.3. The van der Waals surface area contributed by atoms with Gasteiger partial charge in [0.2, 0.25) is 5.91 Å². The van der Waals surface area contributed by atoms with Crippen molar-refractivity contribution in [1.29, 1.82) is 0 Å². The van der Waals surface area contributed by atoms with Crippen LogP contribution in [0.1, 0.15) is 113 Å². The van der Waals surface area contributed by atoms with E-state index in [9.17, 15) is 23.2 Å². The molecule has 1 aromatic heterocycles. The highest BCUT2D eigenvalue weighted by Gasteiger charge is 2.43. The molecule has 3 rings (SSSR count). The van der Waals surface area contributed by atoms with Crippen molar-refractivity contribution in [2.75, 3.05) is 11.9 Å². The maximum Gasteiger partial charge on any atom is 0.281 e. The van der Waals surface area contributed by atoms with Crippen molar-refractivity contribution in [3.05, 3.63) is 58.4 Å². The number of benzene rings is 1. The third-order valence-electron chi connectivity index (χ3n) is 7.15. The topological polar surface area (TPSA) is 91.4 Å². The molecule has 40 heavy (non-hydrogen) atoms. The van der Waals surface area contributed by atoms with Gasteiger partial charge in [-0.2, -0.15) is 0 Å². The summed E-state index contributed by atoms with van der Waals surface area (Å²) in [7, 11) is 0. The minimum absolute atomic E-state index is 0.00655. The maximum atomic E-state index is 13.8. The molecule has 9 heteroatoms. The van der Waals surface area contributed by atoms with Gasteiger partial charge in [0.1, 0.15) is 5.69 Å². The molecular weight excluding hydrogens is 514 g/mol. The quantitative estimate of drug-likeness (QED) is 0.389. The van der Waals surface area contributed by atoms with Gasteiger partial charge in [-0.15, -0.1) is 0 Å². The Hall–Kier alpha value is -3.36. The first-order valence-electron chi connectivity index (χ1n) is 13.6. The molecule has 0 unspecified atom stereocenters. The summed E-state index contributed by atoms with van der Waals surface area (Å²) in [6.07, 6.45) is -0.943. The van der Waals surface area contributed by atoms with Crippen LogP contribution >= 0.6 is 0 Å². The van der Waals surface area contributed by atoms with E-state index in [1.807, 2.05) is 11.0 Å². The van der Waals surface area contributed by atoms with E-state index >= 15 is 0 Å². The van der Waals surface area contributed by atoms with Crippen molar-refractivity contribution < 1.29 is 23.2 Å². The molecule has 218 valence electrons. The molecule has 0 aliphatic carbocycles. The second-order valence-corrected chi connectivity index (χ2v) is 13.5. The standard InChI is InChI=1S/C31H42F2N4O3/c1-18(2)26(38)35-15-19-12-22(24(25(32)33)34-14-19)27(39)36-20-10-11-23-21(13-20)28(40)37(17-30(23,6)7)31(8,9)16-29(3,4)5/h10-14,18,25H,15-17H2,1-9H3,(H,35,38)(H,36,39). The van der Waals surface area contributed by atoms with E-state index in [2.05, 4.69) is 64.1 Å². The number of anilines is 1. The Balaban J connectivity index is 1.93. The van der Waals surface area contributed by atoms with E-state index < -0.39 is 23.6 Å². The lowest BCUT2D eigenvalue weighted by Gasteiger charge is -2.49. The zero-order valence-corrected chi connectivity index (χ0v) is 25.0. The van der Waals surface area contributed by atoms with Crippen molar-refractivity contribution in [3.8, 4) is 0 Å². The number of hydrogen-bond donors (Lipinski definition) is 2. The number of nitrogens with zero attached hydrogens (tertiary/aromatic N) is 2.